The lowest BCUT2D eigenvalue weighted by Gasteiger charge is -2.33. The number of nitrogens with one attached hydrogen (secondary N) is 1. The first-order valence-electron chi connectivity index (χ1n) is 13.9. The van der Waals surface area contributed by atoms with Crippen LogP contribution < -0.4 is 5.32 Å². The van der Waals surface area contributed by atoms with Crippen molar-refractivity contribution in [3.8, 4) is 0 Å². The summed E-state index contributed by atoms with van der Waals surface area (Å²) in [5, 5.41) is 4.43. The Balaban J connectivity index is 0.00000232. The Morgan fingerprint density at radius 2 is 1.73 bits per heavy atom. The van der Waals surface area contributed by atoms with E-state index in [0.717, 1.165) is 56.2 Å². The summed E-state index contributed by atoms with van der Waals surface area (Å²) < 4.78 is 35.9. The molecule has 1 saturated heterocycles. The predicted octanol–water partition coefficient (Wildman–Crippen LogP) is 8.27. The van der Waals surface area contributed by atoms with Gasteiger partial charge in [-0.25, -0.2) is 8.78 Å². The van der Waals surface area contributed by atoms with Gasteiger partial charge in [0.2, 0.25) is 0 Å². The zero-order valence-electron chi connectivity index (χ0n) is 25.3. The average Bonchev–Trinajstić information content (AvgIpc) is 2.92. The lowest BCUT2D eigenvalue weighted by molar-refractivity contribution is 0.125. The van der Waals surface area contributed by atoms with E-state index in [2.05, 4.69) is 66.0 Å². The van der Waals surface area contributed by atoms with E-state index in [1.807, 2.05) is 31.3 Å². The number of methoxy groups -OCH3 is 1. The molecule has 8 heteroatoms. The highest BCUT2D eigenvalue weighted by Crippen LogP contribution is 2.22. The Morgan fingerprint density at radius 3 is 2.20 bits per heavy atom. The maximum atomic E-state index is 13.4. The van der Waals surface area contributed by atoms with Crippen molar-refractivity contribution in [1.82, 2.24) is 10.2 Å². The van der Waals surface area contributed by atoms with Gasteiger partial charge in [-0.05, 0) is 68.6 Å². The highest BCUT2D eigenvalue weighted by atomic mass is 35.5. The van der Waals surface area contributed by atoms with Gasteiger partial charge >= 0.3 is 0 Å². The van der Waals surface area contributed by atoms with Gasteiger partial charge in [-0.2, -0.15) is 0 Å². The first kappa shape index (κ1) is 37.7. The molecule has 5 nitrogen and oxygen atoms in total. The van der Waals surface area contributed by atoms with Crippen molar-refractivity contribution in [2.45, 2.75) is 52.5 Å². The van der Waals surface area contributed by atoms with Gasteiger partial charge in [0.1, 0.15) is 12.4 Å². The number of aliphatic imine (C=N–C) groups is 1. The van der Waals surface area contributed by atoms with Crippen molar-refractivity contribution in [2.75, 3.05) is 54.1 Å². The molecule has 1 atom stereocenters. The number of ether oxygens (including phenoxy) is 2. The molecule has 1 aliphatic heterocycles. The van der Waals surface area contributed by atoms with Gasteiger partial charge in [-0.15, -0.1) is 0 Å². The van der Waals surface area contributed by atoms with Crippen LogP contribution in [-0.2, 0) is 9.47 Å². The second-order valence-corrected chi connectivity index (χ2v) is 9.90. The van der Waals surface area contributed by atoms with Crippen molar-refractivity contribution in [2.24, 2.45) is 10.9 Å². The normalized spacial score (nSPS) is 15.5. The monoisotopic (exact) mass is 581 g/mol. The number of hydrogen-bond donors (Lipinski definition) is 1. The minimum Gasteiger partial charge on any atom is -0.489 e. The summed E-state index contributed by atoms with van der Waals surface area (Å²) in [6.45, 7) is 16.3. The van der Waals surface area contributed by atoms with E-state index < -0.39 is 11.7 Å². The molecule has 0 aromatic heterocycles. The van der Waals surface area contributed by atoms with Crippen LogP contribution in [0, 0.1) is 5.92 Å². The van der Waals surface area contributed by atoms with Gasteiger partial charge in [0.15, 0.2) is 11.6 Å². The van der Waals surface area contributed by atoms with E-state index in [1.54, 1.807) is 14.2 Å². The molecule has 1 N–H and O–H groups in total. The van der Waals surface area contributed by atoms with E-state index in [4.69, 9.17) is 16.3 Å². The molecular formula is C32H50ClF2N3O2. The molecule has 0 radical (unpaired) electrons. The second kappa shape index (κ2) is 23.4. The molecule has 1 unspecified atom stereocenters. The quantitative estimate of drug-likeness (QED) is 0.145. The van der Waals surface area contributed by atoms with Crippen LogP contribution in [0.3, 0.4) is 0 Å². The minimum atomic E-state index is -0.803. The molecule has 1 aromatic rings. The van der Waals surface area contributed by atoms with Crippen molar-refractivity contribution in [3.05, 3.63) is 83.7 Å². The minimum absolute atomic E-state index is 0.000704. The van der Waals surface area contributed by atoms with Gasteiger partial charge in [0.05, 0.1) is 11.8 Å². The lowest BCUT2D eigenvalue weighted by atomic mass is 9.95. The summed E-state index contributed by atoms with van der Waals surface area (Å²) in [6, 6.07) is 7.90. The largest absolute Gasteiger partial charge is 0.489 e. The summed E-state index contributed by atoms with van der Waals surface area (Å²) in [7, 11) is 5.07. The van der Waals surface area contributed by atoms with Crippen molar-refractivity contribution in [3.63, 3.8) is 0 Å². The molecular weight excluding hydrogens is 532 g/mol. The average molecular weight is 582 g/mol. The van der Waals surface area contributed by atoms with Crippen molar-refractivity contribution < 1.29 is 18.3 Å². The summed E-state index contributed by atoms with van der Waals surface area (Å²) in [6.07, 6.45) is 9.42. The predicted molar refractivity (Wildman–Crippen MR) is 168 cm³/mol. The fourth-order valence-corrected chi connectivity index (χ4v) is 4.04. The maximum Gasteiger partial charge on any atom is 0.158 e. The van der Waals surface area contributed by atoms with Crippen molar-refractivity contribution in [1.29, 1.82) is 0 Å². The zero-order chi connectivity index (χ0) is 30.3. The maximum absolute atomic E-state index is 13.4. The topological polar surface area (TPSA) is 46.1 Å². The summed E-state index contributed by atoms with van der Waals surface area (Å²) in [5.41, 5.74) is 2.13. The summed E-state index contributed by atoms with van der Waals surface area (Å²) >= 11 is 6.09. The Bertz CT molecular complexity index is 923. The van der Waals surface area contributed by atoms with E-state index in [0.29, 0.717) is 17.5 Å². The number of piperidine rings is 1. The standard InChI is InChI=1S/C27H36ClF2N3O.C3H8.C2H6O/c1-5-6-7-25(31-4)27(23-8-10-24(28)11-9-23)32-19-22-12-14-33(15-13-22)16-17-34-26(21(3)30)18-20(2)29;2*1-3-2/h6-11,18,22,27,32H,2-3,5,12-17,19H2,1,4H3;3H2,1-2H3;1-2H3/b7-6-,26-18+,31-25?;;. The van der Waals surface area contributed by atoms with Crippen LogP contribution in [0.4, 0.5) is 8.78 Å². The number of benzene rings is 1. The molecule has 1 fully saturated rings. The first-order chi connectivity index (χ1) is 19.2. The Kier molecular flexibility index (Phi) is 22.0. The van der Waals surface area contributed by atoms with E-state index in [-0.39, 0.29) is 18.4 Å². The fraction of sp³-hybridized carbons (Fsp3) is 0.531. The molecule has 1 heterocycles. The van der Waals surface area contributed by atoms with Crippen LogP contribution in [0.15, 0.2) is 78.1 Å². The van der Waals surface area contributed by atoms with Gasteiger partial charge in [-0.3, -0.25) is 9.89 Å². The number of hydrogen-bond acceptors (Lipinski definition) is 5. The van der Waals surface area contributed by atoms with Gasteiger partial charge in [-0.1, -0.05) is 70.2 Å². The molecule has 1 aliphatic rings. The lowest BCUT2D eigenvalue weighted by Crippen LogP contribution is -2.40. The third-order valence-corrected chi connectivity index (χ3v) is 6.07. The third kappa shape index (κ3) is 16.7. The first-order valence-corrected chi connectivity index (χ1v) is 14.3. The Morgan fingerprint density at radius 1 is 1.15 bits per heavy atom. The summed E-state index contributed by atoms with van der Waals surface area (Å²) in [5.74, 6) is -1.23. The highest BCUT2D eigenvalue weighted by Gasteiger charge is 2.22. The molecule has 40 heavy (non-hydrogen) atoms. The number of likely N-dealkylation sites (tertiary alicyclic amines) is 1. The number of nitrogens with zero attached hydrogens (tertiary/aromatic N) is 2. The molecule has 0 amide bonds. The van der Waals surface area contributed by atoms with Gasteiger partial charge in [0, 0.05) is 38.9 Å². The zero-order valence-corrected chi connectivity index (χ0v) is 26.1. The molecule has 0 aliphatic carbocycles. The molecule has 0 spiro atoms. The molecule has 2 rings (SSSR count). The van der Waals surface area contributed by atoms with Crippen LogP contribution in [0.2, 0.25) is 5.02 Å². The van der Waals surface area contributed by atoms with E-state index in [9.17, 15) is 8.78 Å². The van der Waals surface area contributed by atoms with Gasteiger partial charge < -0.3 is 14.8 Å². The molecule has 1 aromatic carbocycles. The van der Waals surface area contributed by atoms with Crippen LogP contribution in [-0.4, -0.2) is 64.7 Å². The fourth-order valence-electron chi connectivity index (χ4n) is 3.91. The second-order valence-electron chi connectivity index (χ2n) is 9.46. The van der Waals surface area contributed by atoms with E-state index >= 15 is 0 Å². The number of rotatable bonds is 13. The smallest absolute Gasteiger partial charge is 0.158 e. The summed E-state index contributed by atoms with van der Waals surface area (Å²) in [4.78, 5) is 6.80. The number of halogens is 3. The molecule has 226 valence electrons. The van der Waals surface area contributed by atoms with Crippen LogP contribution in [0.25, 0.3) is 0 Å². The Hall–Kier alpha value is -2.32. The van der Waals surface area contributed by atoms with Crippen molar-refractivity contribution >= 4 is 17.3 Å². The molecule has 0 saturated carbocycles. The SMILES string of the molecule is C=C(F)/C=C(/OCCN1CCC(CNC(C(/C=C\CC)=NC)c2ccc(Cl)cc2)CC1)C(=C)F.CCC.COC. The van der Waals surface area contributed by atoms with Crippen LogP contribution >= 0.6 is 11.6 Å². The van der Waals surface area contributed by atoms with Crippen LogP contribution in [0.5, 0.6) is 0 Å². The Labute approximate surface area is 246 Å². The molecule has 0 bridgehead atoms. The van der Waals surface area contributed by atoms with Crippen LogP contribution in [0.1, 0.15) is 58.1 Å². The number of allylic oxidation sites excluding steroid dienone is 4. The van der Waals surface area contributed by atoms with Gasteiger partial charge in [0.25, 0.3) is 0 Å². The third-order valence-electron chi connectivity index (χ3n) is 5.82. The highest BCUT2D eigenvalue weighted by molar-refractivity contribution is 6.30. The van der Waals surface area contributed by atoms with E-state index in [1.165, 1.54) is 6.42 Å².